The van der Waals surface area contributed by atoms with E-state index >= 15 is 0 Å². The summed E-state index contributed by atoms with van der Waals surface area (Å²) in [6, 6.07) is 6.87. The number of aryl methyl sites for hydroxylation is 1. The van der Waals surface area contributed by atoms with E-state index in [-0.39, 0.29) is 29.6 Å². The molecule has 2 aromatic carbocycles. The standard InChI is InChI=1S/C27H25F4N5O3/c1-15-19(16-2-4-18(5-3-16)34-6-8-39-9-7-34)11-21(27(29,30)31)20-13-36(33-23(15)20)25(26(37)38)24-22-10-17(28)12-35(22)14-32-24/h2-5,11,13-14,17,25H,6-10,12H2,1H3,(H,37,38)/t17-,25?/m1/s1. The number of carboxylic acid groups (broad SMARTS) is 1. The summed E-state index contributed by atoms with van der Waals surface area (Å²) < 4.78 is 64.8. The monoisotopic (exact) mass is 543 g/mol. The highest BCUT2D eigenvalue weighted by atomic mass is 19.4. The number of halogens is 4. The molecule has 39 heavy (non-hydrogen) atoms. The summed E-state index contributed by atoms with van der Waals surface area (Å²) in [6.45, 7) is 4.42. The number of carboxylic acids is 1. The summed E-state index contributed by atoms with van der Waals surface area (Å²) in [7, 11) is 0. The Bertz CT molecular complexity index is 1550. The Morgan fingerprint density at radius 2 is 1.90 bits per heavy atom. The van der Waals surface area contributed by atoms with Gasteiger partial charge in [0.2, 0.25) is 0 Å². The van der Waals surface area contributed by atoms with E-state index in [4.69, 9.17) is 4.74 Å². The van der Waals surface area contributed by atoms with Gasteiger partial charge >= 0.3 is 12.1 Å². The van der Waals surface area contributed by atoms with E-state index in [9.17, 15) is 27.5 Å². The normalized spacial score (nSPS) is 18.5. The maximum Gasteiger partial charge on any atom is 0.417 e. The van der Waals surface area contributed by atoms with Gasteiger partial charge in [-0.3, -0.25) is 4.68 Å². The maximum absolute atomic E-state index is 14.3. The summed E-state index contributed by atoms with van der Waals surface area (Å²) in [5.74, 6) is -1.35. The van der Waals surface area contributed by atoms with Crippen LogP contribution in [0.25, 0.3) is 22.0 Å². The van der Waals surface area contributed by atoms with Crippen LogP contribution >= 0.6 is 0 Å². The summed E-state index contributed by atoms with van der Waals surface area (Å²) in [4.78, 5) is 18.7. The van der Waals surface area contributed by atoms with Gasteiger partial charge in [0.1, 0.15) is 6.17 Å². The van der Waals surface area contributed by atoms with Gasteiger partial charge in [0.25, 0.3) is 0 Å². The van der Waals surface area contributed by atoms with Crippen molar-refractivity contribution in [2.24, 2.45) is 0 Å². The summed E-state index contributed by atoms with van der Waals surface area (Å²) >= 11 is 0. The van der Waals surface area contributed by atoms with Crippen LogP contribution in [0.5, 0.6) is 0 Å². The van der Waals surface area contributed by atoms with Gasteiger partial charge < -0.3 is 19.3 Å². The predicted molar refractivity (Wildman–Crippen MR) is 135 cm³/mol. The Morgan fingerprint density at radius 1 is 1.18 bits per heavy atom. The van der Waals surface area contributed by atoms with Crippen LogP contribution in [0, 0.1) is 6.92 Å². The molecule has 0 saturated carbocycles. The highest BCUT2D eigenvalue weighted by Gasteiger charge is 2.37. The molecule has 2 aliphatic rings. The third-order valence-corrected chi connectivity index (χ3v) is 7.48. The van der Waals surface area contributed by atoms with Crippen LogP contribution in [0.15, 0.2) is 42.9 Å². The van der Waals surface area contributed by atoms with Crippen LogP contribution in [0.4, 0.5) is 23.2 Å². The van der Waals surface area contributed by atoms with Crippen LogP contribution in [0.1, 0.15) is 28.6 Å². The Morgan fingerprint density at radius 3 is 2.56 bits per heavy atom. The van der Waals surface area contributed by atoms with Crippen molar-refractivity contribution < 1.29 is 32.2 Å². The van der Waals surface area contributed by atoms with E-state index in [0.29, 0.717) is 35.6 Å². The molecule has 2 atom stereocenters. The molecule has 4 aromatic rings. The van der Waals surface area contributed by atoms with Crippen molar-refractivity contribution >= 4 is 22.6 Å². The molecule has 0 bridgehead atoms. The van der Waals surface area contributed by atoms with Gasteiger partial charge in [0, 0.05) is 42.5 Å². The minimum absolute atomic E-state index is 0.0165. The Balaban J connectivity index is 1.46. The highest BCUT2D eigenvalue weighted by molar-refractivity contribution is 5.92. The molecular weight excluding hydrogens is 518 g/mol. The third kappa shape index (κ3) is 4.42. The maximum atomic E-state index is 14.3. The Kier molecular flexibility index (Phi) is 6.09. The second-order valence-corrected chi connectivity index (χ2v) is 9.88. The number of hydrogen-bond acceptors (Lipinski definition) is 5. The molecule has 1 N–H and O–H groups in total. The first-order valence-electron chi connectivity index (χ1n) is 12.6. The van der Waals surface area contributed by atoms with Gasteiger partial charge in [0.05, 0.1) is 42.9 Å². The molecule has 8 nitrogen and oxygen atoms in total. The van der Waals surface area contributed by atoms with Crippen LogP contribution in [0.3, 0.4) is 0 Å². The lowest BCUT2D eigenvalue weighted by Gasteiger charge is -2.29. The number of aromatic nitrogens is 4. The fraction of sp³-hybridized carbons (Fsp3) is 0.370. The number of aliphatic carboxylic acids is 1. The molecule has 2 aromatic heterocycles. The first-order chi connectivity index (χ1) is 18.6. The van der Waals surface area contributed by atoms with Crippen molar-refractivity contribution in [2.75, 3.05) is 31.2 Å². The third-order valence-electron chi connectivity index (χ3n) is 7.48. The molecule has 0 amide bonds. The molecule has 204 valence electrons. The minimum atomic E-state index is -4.71. The lowest BCUT2D eigenvalue weighted by Crippen LogP contribution is -2.36. The highest BCUT2D eigenvalue weighted by Crippen LogP contribution is 2.41. The first-order valence-corrected chi connectivity index (χ1v) is 12.6. The van der Waals surface area contributed by atoms with Crippen molar-refractivity contribution in [2.45, 2.75) is 38.3 Å². The second kappa shape index (κ2) is 9.37. The molecule has 1 unspecified atom stereocenters. The van der Waals surface area contributed by atoms with Gasteiger partial charge in [-0.15, -0.1) is 0 Å². The lowest BCUT2D eigenvalue weighted by atomic mass is 9.94. The number of ether oxygens (including phenoxy) is 1. The molecule has 0 radical (unpaired) electrons. The second-order valence-electron chi connectivity index (χ2n) is 9.88. The average Bonchev–Trinajstić information content (AvgIpc) is 3.60. The summed E-state index contributed by atoms with van der Waals surface area (Å²) in [5.41, 5.74) is 1.98. The fourth-order valence-corrected chi connectivity index (χ4v) is 5.54. The van der Waals surface area contributed by atoms with Crippen molar-refractivity contribution in [3.05, 3.63) is 65.4 Å². The number of benzene rings is 2. The van der Waals surface area contributed by atoms with Crippen molar-refractivity contribution in [3.8, 4) is 11.1 Å². The molecule has 2 aliphatic heterocycles. The van der Waals surface area contributed by atoms with Crippen LogP contribution in [0.2, 0.25) is 0 Å². The number of nitrogens with zero attached hydrogens (tertiary/aromatic N) is 5. The van der Waals surface area contributed by atoms with E-state index in [0.717, 1.165) is 35.7 Å². The van der Waals surface area contributed by atoms with Gasteiger partial charge in [-0.25, -0.2) is 14.2 Å². The zero-order valence-electron chi connectivity index (χ0n) is 21.0. The average molecular weight is 544 g/mol. The molecule has 12 heteroatoms. The van der Waals surface area contributed by atoms with E-state index in [2.05, 4.69) is 15.0 Å². The van der Waals surface area contributed by atoms with E-state index in [1.165, 1.54) is 10.9 Å². The van der Waals surface area contributed by atoms with Crippen molar-refractivity contribution in [1.82, 2.24) is 19.3 Å². The summed E-state index contributed by atoms with van der Waals surface area (Å²) in [5, 5.41) is 14.2. The van der Waals surface area contributed by atoms with Crippen LogP contribution < -0.4 is 4.90 Å². The van der Waals surface area contributed by atoms with Gasteiger partial charge in [0.15, 0.2) is 6.04 Å². The summed E-state index contributed by atoms with van der Waals surface area (Å²) in [6.07, 6.45) is -3.45. The SMILES string of the molecule is Cc1c(-c2ccc(N3CCOCC3)cc2)cc(C(F)(F)F)c2cn(C(C(=O)O)c3ncn4c3C[C@@H](F)C4)nc12. The van der Waals surface area contributed by atoms with Crippen LogP contribution in [-0.2, 0) is 28.7 Å². The molecule has 0 spiro atoms. The Hall–Kier alpha value is -3.93. The smallest absolute Gasteiger partial charge is 0.417 e. The predicted octanol–water partition coefficient (Wildman–Crippen LogP) is 4.63. The number of alkyl halides is 4. The van der Waals surface area contributed by atoms with Crippen LogP contribution in [-0.4, -0.2) is 62.9 Å². The first kappa shape index (κ1) is 25.4. The zero-order valence-corrected chi connectivity index (χ0v) is 21.0. The molecule has 0 aliphatic carbocycles. The Labute approximate surface area is 220 Å². The molecule has 1 saturated heterocycles. The van der Waals surface area contributed by atoms with E-state index in [1.54, 1.807) is 19.1 Å². The molecule has 4 heterocycles. The lowest BCUT2D eigenvalue weighted by molar-refractivity contribution is -0.140. The van der Waals surface area contributed by atoms with Gasteiger partial charge in [-0.1, -0.05) is 12.1 Å². The fourth-order valence-electron chi connectivity index (χ4n) is 5.54. The molecular formula is C27H25F4N5O3. The number of morpholine rings is 1. The number of fused-ring (bicyclic) bond motifs is 2. The van der Waals surface area contributed by atoms with E-state index in [1.807, 2.05) is 12.1 Å². The molecule has 6 rings (SSSR count). The minimum Gasteiger partial charge on any atom is -0.479 e. The topological polar surface area (TPSA) is 85.4 Å². The van der Waals surface area contributed by atoms with Gasteiger partial charge in [-0.2, -0.15) is 18.3 Å². The number of carbonyl (C=O) groups is 1. The number of imidazole rings is 1. The number of anilines is 1. The van der Waals surface area contributed by atoms with Crippen molar-refractivity contribution in [3.63, 3.8) is 0 Å². The number of hydrogen-bond donors (Lipinski definition) is 1. The van der Waals surface area contributed by atoms with Crippen molar-refractivity contribution in [1.29, 1.82) is 0 Å². The number of rotatable bonds is 5. The van der Waals surface area contributed by atoms with E-state index < -0.39 is 29.9 Å². The quantitative estimate of drug-likeness (QED) is 0.370. The zero-order chi connectivity index (χ0) is 27.5. The largest absolute Gasteiger partial charge is 0.479 e. The van der Waals surface area contributed by atoms with Gasteiger partial charge in [-0.05, 0) is 41.8 Å². The molecule has 1 fully saturated rings.